The first-order valence-electron chi connectivity index (χ1n) is 10.4. The molecule has 0 aliphatic carbocycles. The van der Waals surface area contributed by atoms with Crippen LogP contribution in [-0.2, 0) is 9.59 Å². The van der Waals surface area contributed by atoms with E-state index in [9.17, 15) is 18.4 Å². The van der Waals surface area contributed by atoms with Crippen LogP contribution in [0.4, 0.5) is 20.2 Å². The number of benzene rings is 3. The van der Waals surface area contributed by atoms with Gasteiger partial charge in [0.1, 0.15) is 18.2 Å². The molecule has 4 rings (SSSR count). The van der Waals surface area contributed by atoms with Crippen molar-refractivity contribution in [2.24, 2.45) is 0 Å². The Bertz CT molecular complexity index is 1240. The minimum atomic E-state index is -0.889. The van der Waals surface area contributed by atoms with Gasteiger partial charge >= 0.3 is 0 Å². The SMILES string of the molecule is COc1ccc([C@@H]2CC(=O)N(CC(=O)Nc3ccc(F)cc3F)c3ccccc3S2)cc1OC. The number of halogens is 2. The predicted octanol–water partition coefficient (Wildman–Crippen LogP) is 5.19. The monoisotopic (exact) mass is 484 g/mol. The van der Waals surface area contributed by atoms with Gasteiger partial charge in [0.25, 0.3) is 0 Å². The number of rotatable bonds is 6. The van der Waals surface area contributed by atoms with Crippen molar-refractivity contribution in [3.63, 3.8) is 0 Å². The van der Waals surface area contributed by atoms with Crippen LogP contribution in [0.1, 0.15) is 17.2 Å². The van der Waals surface area contributed by atoms with Gasteiger partial charge in [0.2, 0.25) is 11.8 Å². The van der Waals surface area contributed by atoms with E-state index in [0.29, 0.717) is 23.3 Å². The highest BCUT2D eigenvalue weighted by atomic mass is 32.2. The second kappa shape index (κ2) is 10.1. The first kappa shape index (κ1) is 23.6. The fourth-order valence-corrected chi connectivity index (χ4v) is 4.99. The minimum Gasteiger partial charge on any atom is -0.493 e. The van der Waals surface area contributed by atoms with Gasteiger partial charge in [-0.25, -0.2) is 8.78 Å². The number of carbonyl (C=O) groups is 2. The van der Waals surface area contributed by atoms with Crippen molar-refractivity contribution in [2.75, 3.05) is 31.0 Å². The number of para-hydroxylation sites is 1. The van der Waals surface area contributed by atoms with Crippen molar-refractivity contribution >= 4 is 35.0 Å². The van der Waals surface area contributed by atoms with Gasteiger partial charge < -0.3 is 19.7 Å². The largest absolute Gasteiger partial charge is 0.493 e. The zero-order valence-corrected chi connectivity index (χ0v) is 19.3. The number of carbonyl (C=O) groups excluding carboxylic acids is 2. The molecule has 0 saturated carbocycles. The quantitative estimate of drug-likeness (QED) is 0.522. The third-order valence-electron chi connectivity index (χ3n) is 5.37. The molecule has 2 amide bonds. The summed E-state index contributed by atoms with van der Waals surface area (Å²) in [6.45, 7) is -0.314. The molecule has 0 spiro atoms. The van der Waals surface area contributed by atoms with Gasteiger partial charge in [-0.15, -0.1) is 11.8 Å². The van der Waals surface area contributed by atoms with Crippen LogP contribution in [0.15, 0.2) is 65.6 Å². The number of nitrogens with one attached hydrogen (secondary N) is 1. The number of nitrogens with zero attached hydrogens (tertiary/aromatic N) is 1. The Morgan fingerprint density at radius 3 is 2.56 bits per heavy atom. The van der Waals surface area contributed by atoms with Crippen molar-refractivity contribution in [1.29, 1.82) is 0 Å². The normalized spacial score (nSPS) is 15.4. The molecule has 6 nitrogen and oxygen atoms in total. The number of fused-ring (bicyclic) bond motifs is 1. The van der Waals surface area contributed by atoms with E-state index in [1.54, 1.807) is 32.4 Å². The highest BCUT2D eigenvalue weighted by Crippen LogP contribution is 2.46. The van der Waals surface area contributed by atoms with E-state index in [2.05, 4.69) is 5.32 Å². The Morgan fingerprint density at radius 2 is 1.82 bits per heavy atom. The summed E-state index contributed by atoms with van der Waals surface area (Å²) in [7, 11) is 3.10. The fourth-order valence-electron chi connectivity index (χ4n) is 3.71. The molecule has 0 aromatic heterocycles. The number of thioether (sulfide) groups is 1. The number of ether oxygens (including phenoxy) is 2. The third-order valence-corrected chi connectivity index (χ3v) is 6.70. The van der Waals surface area contributed by atoms with Crippen molar-refractivity contribution in [3.8, 4) is 11.5 Å². The van der Waals surface area contributed by atoms with Crippen molar-refractivity contribution in [1.82, 2.24) is 0 Å². The number of hydrogen-bond acceptors (Lipinski definition) is 5. The van der Waals surface area contributed by atoms with Gasteiger partial charge in [-0.05, 0) is 42.0 Å². The van der Waals surface area contributed by atoms with Gasteiger partial charge in [0, 0.05) is 22.6 Å². The standard InChI is InChI=1S/C25H22F2N2O4S/c1-32-20-10-7-15(11-21(20)33-2)23-13-25(31)29(19-5-3-4-6-22(19)34-23)14-24(30)28-18-9-8-16(26)12-17(18)27/h3-12,23H,13-14H2,1-2H3,(H,28,30)/t23-/m0/s1. The second-order valence-corrected chi connectivity index (χ2v) is 8.79. The maximum atomic E-state index is 14.0. The van der Waals surface area contributed by atoms with E-state index in [4.69, 9.17) is 9.47 Å². The van der Waals surface area contributed by atoms with Crippen molar-refractivity contribution in [3.05, 3.63) is 77.9 Å². The van der Waals surface area contributed by atoms with E-state index in [1.165, 1.54) is 16.7 Å². The van der Waals surface area contributed by atoms with Gasteiger partial charge in [-0.2, -0.15) is 0 Å². The summed E-state index contributed by atoms with van der Waals surface area (Å²) in [6, 6.07) is 15.7. The molecule has 176 valence electrons. The molecule has 0 radical (unpaired) electrons. The average Bonchev–Trinajstić information content (AvgIpc) is 2.97. The molecule has 1 N–H and O–H groups in total. The molecule has 3 aromatic carbocycles. The molecule has 1 heterocycles. The zero-order chi connectivity index (χ0) is 24.2. The van der Waals surface area contributed by atoms with Crippen LogP contribution in [-0.4, -0.2) is 32.6 Å². The predicted molar refractivity (Wildman–Crippen MR) is 127 cm³/mol. The molecule has 1 atom stereocenters. The highest BCUT2D eigenvalue weighted by molar-refractivity contribution is 7.99. The number of anilines is 2. The van der Waals surface area contributed by atoms with E-state index >= 15 is 0 Å². The van der Waals surface area contributed by atoms with Gasteiger partial charge in [-0.3, -0.25) is 9.59 Å². The molecule has 34 heavy (non-hydrogen) atoms. The summed E-state index contributed by atoms with van der Waals surface area (Å²) in [5, 5.41) is 2.19. The summed E-state index contributed by atoms with van der Waals surface area (Å²) in [5.41, 5.74) is 1.32. The third kappa shape index (κ3) is 4.99. The van der Waals surface area contributed by atoms with Gasteiger partial charge in [0.05, 0.1) is 25.6 Å². The smallest absolute Gasteiger partial charge is 0.244 e. The maximum Gasteiger partial charge on any atom is 0.244 e. The Morgan fingerprint density at radius 1 is 1.06 bits per heavy atom. The summed E-state index contributed by atoms with van der Waals surface area (Å²) in [6.07, 6.45) is 0.132. The first-order chi connectivity index (χ1) is 16.4. The molecule has 0 fully saturated rings. The van der Waals surface area contributed by atoms with E-state index in [0.717, 1.165) is 22.6 Å². The summed E-state index contributed by atoms with van der Waals surface area (Å²) in [4.78, 5) is 28.2. The molecule has 0 unspecified atom stereocenters. The van der Waals surface area contributed by atoms with Crippen LogP contribution < -0.4 is 19.7 Å². The van der Waals surface area contributed by atoms with Gasteiger partial charge in [0.15, 0.2) is 11.5 Å². The van der Waals surface area contributed by atoms with Crippen molar-refractivity contribution in [2.45, 2.75) is 16.6 Å². The first-order valence-corrected chi connectivity index (χ1v) is 11.3. The van der Waals surface area contributed by atoms with E-state index in [1.807, 2.05) is 24.3 Å². The lowest BCUT2D eigenvalue weighted by molar-refractivity contribution is -0.121. The molecular formula is C25H22F2N2O4S. The fraction of sp³-hybridized carbons (Fsp3) is 0.200. The van der Waals surface area contributed by atoms with E-state index < -0.39 is 17.5 Å². The lowest BCUT2D eigenvalue weighted by Gasteiger charge is -2.22. The summed E-state index contributed by atoms with van der Waals surface area (Å²) in [5.74, 6) is -1.34. The molecule has 1 aliphatic heterocycles. The Labute approximate surface area is 199 Å². The lowest BCUT2D eigenvalue weighted by atomic mass is 10.1. The Kier molecular flexibility index (Phi) is 7.02. The summed E-state index contributed by atoms with van der Waals surface area (Å²) < 4.78 is 37.8. The van der Waals surface area contributed by atoms with Gasteiger partial charge in [-0.1, -0.05) is 18.2 Å². The molecule has 0 bridgehead atoms. The average molecular weight is 485 g/mol. The van der Waals surface area contributed by atoms with Crippen LogP contribution in [0.3, 0.4) is 0 Å². The van der Waals surface area contributed by atoms with Crippen LogP contribution in [0, 0.1) is 11.6 Å². The topological polar surface area (TPSA) is 67.9 Å². The summed E-state index contributed by atoms with van der Waals surface area (Å²) >= 11 is 1.51. The van der Waals surface area contributed by atoms with Crippen molar-refractivity contribution < 1.29 is 27.8 Å². The number of hydrogen-bond donors (Lipinski definition) is 1. The van der Waals surface area contributed by atoms with Crippen LogP contribution in [0.5, 0.6) is 11.5 Å². The molecule has 3 aromatic rings. The van der Waals surface area contributed by atoms with Crippen LogP contribution in [0.2, 0.25) is 0 Å². The Balaban J connectivity index is 1.60. The highest BCUT2D eigenvalue weighted by Gasteiger charge is 2.31. The number of amides is 2. The van der Waals surface area contributed by atoms with Crippen LogP contribution in [0.25, 0.3) is 0 Å². The molecule has 1 aliphatic rings. The Hall–Kier alpha value is -3.59. The molecule has 0 saturated heterocycles. The second-order valence-electron chi connectivity index (χ2n) is 7.54. The lowest BCUT2D eigenvalue weighted by Crippen LogP contribution is -2.38. The number of methoxy groups -OCH3 is 2. The zero-order valence-electron chi connectivity index (χ0n) is 18.5. The molecular weight excluding hydrogens is 462 g/mol. The van der Waals surface area contributed by atoms with Crippen LogP contribution >= 0.6 is 11.8 Å². The minimum absolute atomic E-state index is 0.132. The van der Waals surface area contributed by atoms with E-state index in [-0.39, 0.29) is 29.8 Å². The molecule has 9 heteroatoms. The maximum absolute atomic E-state index is 14.0.